The van der Waals surface area contributed by atoms with Crippen LogP contribution in [-0.2, 0) is 20.6 Å². The zero-order valence-corrected chi connectivity index (χ0v) is 11.9. The first-order valence-electron chi connectivity index (χ1n) is 5.47. The predicted molar refractivity (Wildman–Crippen MR) is 71.4 cm³/mol. The van der Waals surface area contributed by atoms with E-state index in [9.17, 15) is 12.6 Å². The number of benzene rings is 1. The Hall–Kier alpha value is -1.19. The van der Waals surface area contributed by atoms with Gasteiger partial charge in [-0.25, -0.2) is 8.42 Å². The van der Waals surface area contributed by atoms with Gasteiger partial charge in [0.15, 0.2) is 9.84 Å². The molecule has 1 unspecified atom stereocenters. The van der Waals surface area contributed by atoms with E-state index in [0.717, 1.165) is 0 Å². The lowest BCUT2D eigenvalue weighted by atomic mass is 10.2. The summed E-state index contributed by atoms with van der Waals surface area (Å²) in [5, 5.41) is 8.67. The van der Waals surface area contributed by atoms with Gasteiger partial charge in [-0.05, 0) is 18.2 Å². The SMILES string of the molecule is CC(C)S(=O)CCS(=O)(=O)c1cccc(C#N)c1. The van der Waals surface area contributed by atoms with Gasteiger partial charge in [0.05, 0.1) is 22.3 Å². The van der Waals surface area contributed by atoms with Crippen LogP contribution in [0, 0.1) is 11.3 Å². The van der Waals surface area contributed by atoms with Crippen LogP contribution in [-0.4, -0.2) is 29.4 Å². The Labute approximate surface area is 110 Å². The molecule has 0 aliphatic rings. The zero-order chi connectivity index (χ0) is 13.8. The third kappa shape index (κ3) is 3.93. The van der Waals surface area contributed by atoms with Crippen LogP contribution >= 0.6 is 0 Å². The fourth-order valence-electron chi connectivity index (χ4n) is 1.30. The third-order valence-corrected chi connectivity index (χ3v) is 6.03. The molecule has 4 nitrogen and oxygen atoms in total. The Balaban J connectivity index is 2.87. The Kier molecular flexibility index (Phi) is 5.05. The van der Waals surface area contributed by atoms with Gasteiger partial charge >= 0.3 is 0 Å². The zero-order valence-electron chi connectivity index (χ0n) is 10.3. The van der Waals surface area contributed by atoms with Gasteiger partial charge in [-0.3, -0.25) is 4.21 Å². The molecule has 0 saturated heterocycles. The van der Waals surface area contributed by atoms with E-state index in [1.807, 2.05) is 6.07 Å². The van der Waals surface area contributed by atoms with Crippen molar-refractivity contribution in [1.82, 2.24) is 0 Å². The molecule has 18 heavy (non-hydrogen) atoms. The van der Waals surface area contributed by atoms with Crippen LogP contribution in [0.5, 0.6) is 0 Å². The highest BCUT2D eigenvalue weighted by atomic mass is 32.2. The normalized spacial score (nSPS) is 13.2. The van der Waals surface area contributed by atoms with Crippen molar-refractivity contribution < 1.29 is 12.6 Å². The van der Waals surface area contributed by atoms with Crippen LogP contribution in [0.15, 0.2) is 29.2 Å². The van der Waals surface area contributed by atoms with E-state index < -0.39 is 20.6 Å². The summed E-state index contributed by atoms with van der Waals surface area (Å²) in [4.78, 5) is 0.113. The second-order valence-electron chi connectivity index (χ2n) is 4.09. The Morgan fingerprint density at radius 1 is 1.39 bits per heavy atom. The minimum atomic E-state index is -3.47. The first kappa shape index (κ1) is 14.9. The monoisotopic (exact) mass is 285 g/mol. The average molecular weight is 285 g/mol. The lowest BCUT2D eigenvalue weighted by Gasteiger charge is -2.07. The largest absolute Gasteiger partial charge is 0.259 e. The molecule has 1 aromatic rings. The molecule has 0 fully saturated rings. The maximum Gasteiger partial charge on any atom is 0.179 e. The summed E-state index contributed by atoms with van der Waals surface area (Å²) in [7, 11) is -4.61. The van der Waals surface area contributed by atoms with E-state index in [4.69, 9.17) is 5.26 Å². The van der Waals surface area contributed by atoms with Crippen molar-refractivity contribution in [3.8, 4) is 6.07 Å². The van der Waals surface area contributed by atoms with Gasteiger partial charge in [-0.15, -0.1) is 0 Å². The highest BCUT2D eigenvalue weighted by Gasteiger charge is 2.17. The van der Waals surface area contributed by atoms with Crippen molar-refractivity contribution >= 4 is 20.6 Å². The van der Waals surface area contributed by atoms with Gasteiger partial charge in [0.2, 0.25) is 0 Å². The molecular weight excluding hydrogens is 270 g/mol. The van der Waals surface area contributed by atoms with Gasteiger partial charge in [0, 0.05) is 21.8 Å². The Morgan fingerprint density at radius 3 is 2.61 bits per heavy atom. The standard InChI is InChI=1S/C12H15NO3S2/c1-10(2)17(14)6-7-18(15,16)12-5-3-4-11(8-12)9-13/h3-5,8,10H,6-7H2,1-2H3. The van der Waals surface area contributed by atoms with Crippen LogP contribution < -0.4 is 0 Å². The molecule has 0 aromatic heterocycles. The molecule has 0 bridgehead atoms. The smallest absolute Gasteiger partial charge is 0.179 e. The average Bonchev–Trinajstić information content (AvgIpc) is 2.36. The summed E-state index contributed by atoms with van der Waals surface area (Å²) in [5.41, 5.74) is 0.307. The molecular formula is C12H15NO3S2. The molecule has 98 valence electrons. The number of rotatable bonds is 5. The summed E-state index contributed by atoms with van der Waals surface area (Å²) in [6.45, 7) is 3.58. The lowest BCUT2D eigenvalue weighted by Crippen LogP contribution is -2.18. The highest BCUT2D eigenvalue weighted by molar-refractivity contribution is 7.93. The molecule has 0 aliphatic carbocycles. The maximum atomic E-state index is 12.0. The second kappa shape index (κ2) is 6.12. The summed E-state index contributed by atoms with van der Waals surface area (Å²) in [6, 6.07) is 7.77. The van der Waals surface area contributed by atoms with Crippen molar-refractivity contribution in [2.24, 2.45) is 0 Å². The number of sulfone groups is 1. The van der Waals surface area contributed by atoms with E-state index in [1.165, 1.54) is 18.2 Å². The van der Waals surface area contributed by atoms with Crippen LogP contribution in [0.25, 0.3) is 0 Å². The first-order valence-corrected chi connectivity index (χ1v) is 8.50. The number of hydrogen-bond acceptors (Lipinski definition) is 4. The quantitative estimate of drug-likeness (QED) is 0.821. The van der Waals surface area contributed by atoms with Crippen molar-refractivity contribution in [2.45, 2.75) is 24.0 Å². The van der Waals surface area contributed by atoms with E-state index in [0.29, 0.717) is 5.56 Å². The highest BCUT2D eigenvalue weighted by Crippen LogP contribution is 2.13. The minimum absolute atomic E-state index is 0.0503. The van der Waals surface area contributed by atoms with E-state index >= 15 is 0 Å². The van der Waals surface area contributed by atoms with E-state index in [-0.39, 0.29) is 21.7 Å². The Morgan fingerprint density at radius 2 is 2.06 bits per heavy atom. The first-order chi connectivity index (χ1) is 8.36. The molecule has 0 amide bonds. The van der Waals surface area contributed by atoms with Gasteiger partial charge in [-0.2, -0.15) is 5.26 Å². The summed E-state index contributed by atoms with van der Waals surface area (Å²) in [6.07, 6.45) is 0. The van der Waals surface area contributed by atoms with Gasteiger partial charge in [0.25, 0.3) is 0 Å². The van der Waals surface area contributed by atoms with Crippen molar-refractivity contribution in [2.75, 3.05) is 11.5 Å². The Bertz CT molecular complexity index is 586. The van der Waals surface area contributed by atoms with Gasteiger partial charge < -0.3 is 0 Å². The molecule has 0 N–H and O–H groups in total. The summed E-state index contributed by atoms with van der Waals surface area (Å²) >= 11 is 0. The molecule has 0 heterocycles. The fraction of sp³-hybridized carbons (Fsp3) is 0.417. The fourth-order valence-corrected chi connectivity index (χ4v) is 4.14. The maximum absolute atomic E-state index is 12.0. The van der Waals surface area contributed by atoms with Crippen molar-refractivity contribution in [3.63, 3.8) is 0 Å². The number of nitriles is 1. The molecule has 1 atom stereocenters. The van der Waals surface area contributed by atoms with E-state index in [1.54, 1.807) is 19.9 Å². The molecule has 0 saturated carbocycles. The molecule has 0 aliphatic heterocycles. The molecule has 0 spiro atoms. The van der Waals surface area contributed by atoms with Crippen molar-refractivity contribution in [1.29, 1.82) is 5.26 Å². The minimum Gasteiger partial charge on any atom is -0.259 e. The number of nitrogens with zero attached hydrogens (tertiary/aromatic N) is 1. The van der Waals surface area contributed by atoms with Crippen LogP contribution in [0.4, 0.5) is 0 Å². The second-order valence-corrected chi connectivity index (χ2v) is 8.31. The molecule has 1 aromatic carbocycles. The number of hydrogen-bond donors (Lipinski definition) is 0. The lowest BCUT2D eigenvalue weighted by molar-refractivity contribution is 0.597. The van der Waals surface area contributed by atoms with Crippen LogP contribution in [0.2, 0.25) is 0 Å². The molecule has 1 rings (SSSR count). The van der Waals surface area contributed by atoms with Crippen LogP contribution in [0.3, 0.4) is 0 Å². The molecule has 6 heteroatoms. The molecule has 0 radical (unpaired) electrons. The third-order valence-electron chi connectivity index (χ3n) is 2.40. The van der Waals surface area contributed by atoms with Gasteiger partial charge in [-0.1, -0.05) is 19.9 Å². The van der Waals surface area contributed by atoms with Gasteiger partial charge in [0.1, 0.15) is 0 Å². The van der Waals surface area contributed by atoms with E-state index in [2.05, 4.69) is 0 Å². The summed E-state index contributed by atoms with van der Waals surface area (Å²) in [5.74, 6) is -0.0382. The predicted octanol–water partition coefficient (Wildman–Crippen LogP) is 1.49. The summed E-state index contributed by atoms with van der Waals surface area (Å²) < 4.78 is 35.5. The van der Waals surface area contributed by atoms with Crippen LogP contribution in [0.1, 0.15) is 19.4 Å². The topological polar surface area (TPSA) is 75.0 Å². The van der Waals surface area contributed by atoms with Crippen molar-refractivity contribution in [3.05, 3.63) is 29.8 Å².